The fraction of sp³-hybridized carbons (Fsp3) is 0.467. The highest BCUT2D eigenvalue weighted by Gasteiger charge is 2.32. The summed E-state index contributed by atoms with van der Waals surface area (Å²) >= 11 is 0. The van der Waals surface area contributed by atoms with E-state index in [1.165, 1.54) is 0 Å². The van der Waals surface area contributed by atoms with Gasteiger partial charge in [-0.2, -0.15) is 0 Å². The van der Waals surface area contributed by atoms with Crippen LogP contribution in [0, 0.1) is 11.8 Å². The molecule has 1 aromatic carbocycles. The Morgan fingerprint density at radius 3 is 2.12 bits per heavy atom. The quantitative estimate of drug-likeness (QED) is 0.621. The van der Waals surface area contributed by atoms with E-state index >= 15 is 0 Å². The molecule has 1 unspecified atom stereocenters. The molecule has 0 aliphatic heterocycles. The normalized spacial score (nSPS) is 13.8. The van der Waals surface area contributed by atoms with Crippen molar-refractivity contribution in [3.63, 3.8) is 0 Å². The Balaban J connectivity index is 2.87. The van der Waals surface area contributed by atoms with Crippen LogP contribution in [0.25, 0.3) is 0 Å². The third kappa shape index (κ3) is 3.73. The lowest BCUT2D eigenvalue weighted by atomic mass is 10.1. The first-order chi connectivity index (χ1) is 7.74. The molecule has 0 amide bonds. The lowest BCUT2D eigenvalue weighted by Gasteiger charge is -2.32. The largest absolute Gasteiger partial charge is 0.376 e. The van der Waals surface area contributed by atoms with E-state index in [1.807, 2.05) is 30.3 Å². The number of benzene rings is 1. The van der Waals surface area contributed by atoms with E-state index in [-0.39, 0.29) is 5.04 Å². The van der Waals surface area contributed by atoms with Gasteiger partial charge < -0.3 is 5.11 Å². The van der Waals surface area contributed by atoms with Crippen molar-refractivity contribution in [2.75, 3.05) is 0 Å². The van der Waals surface area contributed by atoms with Crippen LogP contribution in [0.5, 0.6) is 0 Å². The third-order valence-corrected chi connectivity index (χ3v) is 7.39. The van der Waals surface area contributed by atoms with Crippen molar-refractivity contribution in [3.8, 4) is 11.8 Å². The Hall–Kier alpha value is -1.04. The highest BCUT2D eigenvalue weighted by Crippen LogP contribution is 2.35. The molecular weight excluding hydrogens is 224 g/mol. The maximum absolute atomic E-state index is 9.99. The molecular formula is C15H22OSi. The zero-order valence-electron chi connectivity index (χ0n) is 11.4. The molecule has 1 aromatic rings. The van der Waals surface area contributed by atoms with Gasteiger partial charge >= 0.3 is 0 Å². The van der Waals surface area contributed by atoms with E-state index < -0.39 is 14.2 Å². The summed E-state index contributed by atoms with van der Waals surface area (Å²) in [5.74, 6) is 6.24. The van der Waals surface area contributed by atoms with Crippen molar-refractivity contribution in [2.24, 2.45) is 0 Å². The molecule has 0 aromatic heterocycles. The Morgan fingerprint density at radius 1 is 1.12 bits per heavy atom. The lowest BCUT2D eigenvalue weighted by molar-refractivity contribution is 0.238. The maximum Gasteiger partial charge on any atom is 0.140 e. The van der Waals surface area contributed by atoms with Crippen LogP contribution in [-0.4, -0.2) is 13.2 Å². The summed E-state index contributed by atoms with van der Waals surface area (Å²) in [5, 5.41) is 10.0. The Bertz CT molecular complexity index is 418. The highest BCUT2D eigenvalue weighted by molar-refractivity contribution is 6.79. The van der Waals surface area contributed by atoms with E-state index in [4.69, 9.17) is 0 Å². The van der Waals surface area contributed by atoms with Crippen LogP contribution >= 0.6 is 0 Å². The predicted octanol–water partition coefficient (Wildman–Crippen LogP) is 3.84. The molecule has 0 radical (unpaired) electrons. The molecule has 0 fully saturated rings. The minimum atomic E-state index is -1.34. The monoisotopic (exact) mass is 246 g/mol. The van der Waals surface area contributed by atoms with Gasteiger partial charge in [-0.15, -0.1) is 0 Å². The number of rotatable bonds is 2. The molecule has 92 valence electrons. The Kier molecular flexibility index (Phi) is 4.19. The van der Waals surface area contributed by atoms with Gasteiger partial charge in [-0.05, 0) is 5.56 Å². The number of aliphatic hydroxyl groups is 1. The third-order valence-electron chi connectivity index (χ3n) is 3.51. The Labute approximate surface area is 106 Å². The summed E-state index contributed by atoms with van der Waals surface area (Å²) in [6.07, 6.45) is -0.674. The lowest BCUT2D eigenvalue weighted by Crippen LogP contribution is -2.34. The van der Waals surface area contributed by atoms with Crippen LogP contribution in [0.3, 0.4) is 0 Å². The van der Waals surface area contributed by atoms with E-state index in [1.54, 1.807) is 0 Å². The van der Waals surface area contributed by atoms with Gasteiger partial charge in [0.2, 0.25) is 0 Å². The summed E-state index contributed by atoms with van der Waals surface area (Å²) in [4.78, 5) is 0. The molecule has 1 rings (SSSR count). The minimum Gasteiger partial charge on any atom is -0.376 e. The molecule has 0 spiro atoms. The predicted molar refractivity (Wildman–Crippen MR) is 76.6 cm³/mol. The molecule has 0 heterocycles. The minimum absolute atomic E-state index is 0.0166. The molecule has 0 bridgehead atoms. The molecule has 2 heteroatoms. The molecule has 1 nitrogen and oxygen atoms in total. The standard InChI is InChI=1S/C15H22OSi/c1-15(2,17(3,4)5)12-11-14(16)13-9-7-6-8-10-13/h6-10,14,16H,1-5H3. The van der Waals surface area contributed by atoms with E-state index in [2.05, 4.69) is 45.3 Å². The fourth-order valence-electron chi connectivity index (χ4n) is 1.15. The van der Waals surface area contributed by atoms with Gasteiger partial charge in [-0.3, -0.25) is 0 Å². The number of hydrogen-bond donors (Lipinski definition) is 1. The second-order valence-corrected chi connectivity index (χ2v) is 11.7. The molecule has 1 atom stereocenters. The molecule has 1 N–H and O–H groups in total. The van der Waals surface area contributed by atoms with Crippen LogP contribution < -0.4 is 0 Å². The van der Waals surface area contributed by atoms with Gasteiger partial charge in [0.05, 0.1) is 8.07 Å². The fourth-order valence-corrected chi connectivity index (χ4v) is 1.60. The van der Waals surface area contributed by atoms with Crippen molar-refractivity contribution in [1.82, 2.24) is 0 Å². The Morgan fingerprint density at radius 2 is 1.65 bits per heavy atom. The van der Waals surface area contributed by atoms with Crippen LogP contribution in [-0.2, 0) is 0 Å². The molecule has 0 saturated heterocycles. The van der Waals surface area contributed by atoms with Gasteiger partial charge in [0.1, 0.15) is 6.10 Å². The zero-order chi connectivity index (χ0) is 13.1. The summed E-state index contributed by atoms with van der Waals surface area (Å²) in [6.45, 7) is 11.2. The van der Waals surface area contributed by atoms with Crippen LogP contribution in [0.4, 0.5) is 0 Å². The first-order valence-electron chi connectivity index (χ1n) is 6.00. The van der Waals surface area contributed by atoms with Crippen molar-refractivity contribution in [2.45, 2.75) is 44.6 Å². The topological polar surface area (TPSA) is 20.2 Å². The maximum atomic E-state index is 9.99. The SMILES string of the molecule is CC(C)(C#CC(O)c1ccccc1)[Si](C)(C)C. The molecule has 0 aliphatic rings. The summed E-state index contributed by atoms with van der Waals surface area (Å²) in [7, 11) is -1.34. The first-order valence-corrected chi connectivity index (χ1v) is 9.50. The van der Waals surface area contributed by atoms with E-state index in [9.17, 15) is 5.11 Å². The van der Waals surface area contributed by atoms with Crippen LogP contribution in [0.2, 0.25) is 24.7 Å². The van der Waals surface area contributed by atoms with E-state index in [0.717, 1.165) is 5.56 Å². The van der Waals surface area contributed by atoms with E-state index in [0.29, 0.717) is 0 Å². The van der Waals surface area contributed by atoms with Crippen molar-refractivity contribution < 1.29 is 5.11 Å². The second kappa shape index (κ2) is 5.08. The summed E-state index contributed by atoms with van der Waals surface area (Å²) < 4.78 is 0. The molecule has 0 aliphatic carbocycles. The molecule has 17 heavy (non-hydrogen) atoms. The zero-order valence-corrected chi connectivity index (χ0v) is 12.4. The van der Waals surface area contributed by atoms with Crippen molar-refractivity contribution in [3.05, 3.63) is 35.9 Å². The van der Waals surface area contributed by atoms with Crippen LogP contribution in [0.1, 0.15) is 25.5 Å². The second-order valence-electron chi connectivity index (χ2n) is 5.96. The van der Waals surface area contributed by atoms with Gasteiger partial charge in [0, 0.05) is 5.04 Å². The summed E-state index contributed by atoms with van der Waals surface area (Å²) in [6, 6.07) is 9.59. The number of hydrogen-bond acceptors (Lipinski definition) is 1. The first kappa shape index (κ1) is 14.0. The average Bonchev–Trinajstić information content (AvgIpc) is 2.25. The smallest absolute Gasteiger partial charge is 0.140 e. The van der Waals surface area contributed by atoms with Gasteiger partial charge in [0.25, 0.3) is 0 Å². The van der Waals surface area contributed by atoms with Gasteiger partial charge in [-0.1, -0.05) is 75.7 Å². The highest BCUT2D eigenvalue weighted by atomic mass is 28.3. The van der Waals surface area contributed by atoms with Crippen LogP contribution in [0.15, 0.2) is 30.3 Å². The van der Waals surface area contributed by atoms with Gasteiger partial charge in [-0.25, -0.2) is 0 Å². The summed E-state index contributed by atoms with van der Waals surface area (Å²) in [5.41, 5.74) is 0.867. The van der Waals surface area contributed by atoms with Gasteiger partial charge in [0.15, 0.2) is 0 Å². The molecule has 0 saturated carbocycles. The van der Waals surface area contributed by atoms with Crippen molar-refractivity contribution in [1.29, 1.82) is 0 Å². The van der Waals surface area contributed by atoms with Crippen molar-refractivity contribution >= 4 is 8.07 Å². The number of aliphatic hydroxyl groups excluding tert-OH is 1. The average molecular weight is 246 g/mol.